The smallest absolute Gasteiger partial charge is 0.168 e. The zero-order valence-corrected chi connectivity index (χ0v) is 16.5. The van der Waals surface area contributed by atoms with Gasteiger partial charge in [-0.1, -0.05) is 0 Å². The molecule has 0 fully saturated rings. The van der Waals surface area contributed by atoms with Crippen LogP contribution in [0.15, 0.2) is 43.0 Å². The highest BCUT2D eigenvalue weighted by Gasteiger charge is 2.25. The van der Waals surface area contributed by atoms with Gasteiger partial charge in [-0.25, -0.2) is 9.97 Å². The van der Waals surface area contributed by atoms with Crippen molar-refractivity contribution < 1.29 is 4.74 Å². The first kappa shape index (κ1) is 17.3. The number of hydrogen-bond donors (Lipinski definition) is 4. The van der Waals surface area contributed by atoms with E-state index in [-0.39, 0.29) is 6.04 Å². The summed E-state index contributed by atoms with van der Waals surface area (Å²) in [5, 5.41) is 13.9. The molecule has 0 aromatic carbocycles. The van der Waals surface area contributed by atoms with Crippen molar-refractivity contribution >= 4 is 23.0 Å². The summed E-state index contributed by atoms with van der Waals surface area (Å²) in [6.45, 7) is 3.10. The largest absolute Gasteiger partial charge is 0.488 e. The van der Waals surface area contributed by atoms with E-state index in [1.807, 2.05) is 30.9 Å². The maximum atomic E-state index is 5.75. The van der Waals surface area contributed by atoms with Crippen molar-refractivity contribution in [1.82, 2.24) is 15.0 Å². The van der Waals surface area contributed by atoms with Gasteiger partial charge in [-0.05, 0) is 41.3 Å². The molecule has 0 spiro atoms. The van der Waals surface area contributed by atoms with E-state index in [0.717, 1.165) is 54.7 Å². The van der Waals surface area contributed by atoms with Crippen LogP contribution in [0.3, 0.4) is 0 Å². The quantitative estimate of drug-likeness (QED) is 0.521. The van der Waals surface area contributed by atoms with E-state index in [0.29, 0.717) is 12.5 Å². The average Bonchev–Trinajstić information content (AvgIpc) is 2.82. The van der Waals surface area contributed by atoms with E-state index in [1.54, 1.807) is 0 Å². The zero-order valence-electron chi connectivity index (χ0n) is 16.5. The van der Waals surface area contributed by atoms with Crippen molar-refractivity contribution in [1.29, 1.82) is 0 Å². The summed E-state index contributed by atoms with van der Waals surface area (Å²) in [5.74, 6) is 2.90. The van der Waals surface area contributed by atoms with Gasteiger partial charge >= 0.3 is 0 Å². The minimum Gasteiger partial charge on any atom is -0.488 e. The molecule has 0 bridgehead atoms. The van der Waals surface area contributed by atoms with E-state index in [2.05, 4.69) is 48.4 Å². The highest BCUT2D eigenvalue weighted by molar-refractivity contribution is 5.69. The number of hydrogen-bond acceptors (Lipinski definition) is 8. The number of nitrogens with zero attached hydrogens (tertiary/aromatic N) is 3. The Labute approximate surface area is 174 Å². The van der Waals surface area contributed by atoms with Gasteiger partial charge in [-0.2, -0.15) is 0 Å². The second-order valence-corrected chi connectivity index (χ2v) is 7.95. The zero-order chi connectivity index (χ0) is 19.9. The van der Waals surface area contributed by atoms with E-state index < -0.39 is 0 Å². The fraction of sp³-hybridized carbons (Fsp3) is 0.318. The fourth-order valence-electron chi connectivity index (χ4n) is 4.39. The minimum absolute atomic E-state index is 0.104. The van der Waals surface area contributed by atoms with Crippen LogP contribution >= 0.6 is 0 Å². The third-order valence-corrected chi connectivity index (χ3v) is 6.02. The Morgan fingerprint density at radius 2 is 1.83 bits per heavy atom. The van der Waals surface area contributed by atoms with Gasteiger partial charge in [0, 0.05) is 49.5 Å². The number of anilines is 4. The molecule has 8 nitrogen and oxygen atoms in total. The molecule has 30 heavy (non-hydrogen) atoms. The normalized spacial score (nSPS) is 21.3. The Kier molecular flexibility index (Phi) is 4.07. The molecule has 3 aliphatic heterocycles. The lowest BCUT2D eigenvalue weighted by atomic mass is 9.89. The lowest BCUT2D eigenvalue weighted by Crippen LogP contribution is -2.28. The first-order chi connectivity index (χ1) is 14.8. The van der Waals surface area contributed by atoms with E-state index in [9.17, 15) is 0 Å². The molecule has 152 valence electrons. The highest BCUT2D eigenvalue weighted by Crippen LogP contribution is 2.36. The lowest BCUT2D eigenvalue weighted by molar-refractivity contribution is 0.321. The Hall–Kier alpha value is -3.55. The van der Waals surface area contributed by atoms with E-state index in [4.69, 9.17) is 4.74 Å². The Morgan fingerprint density at radius 3 is 2.83 bits per heavy atom. The molecule has 2 unspecified atom stereocenters. The van der Waals surface area contributed by atoms with Gasteiger partial charge in [0.1, 0.15) is 12.4 Å². The number of rotatable bonds is 2. The van der Waals surface area contributed by atoms with Crippen LogP contribution in [0.2, 0.25) is 0 Å². The van der Waals surface area contributed by atoms with Gasteiger partial charge in [-0.15, -0.1) is 0 Å². The molecule has 0 amide bonds. The van der Waals surface area contributed by atoms with Gasteiger partial charge in [-0.3, -0.25) is 4.98 Å². The maximum absolute atomic E-state index is 5.75. The van der Waals surface area contributed by atoms with Crippen molar-refractivity contribution in [3.63, 3.8) is 0 Å². The van der Waals surface area contributed by atoms with Gasteiger partial charge in [0.15, 0.2) is 11.6 Å². The molecule has 0 radical (unpaired) electrons. The first-order valence-electron chi connectivity index (χ1n) is 10.4. The van der Waals surface area contributed by atoms with Crippen molar-refractivity contribution in [3.05, 3.63) is 59.7 Å². The molecule has 0 saturated carbocycles. The first-order valence-corrected chi connectivity index (χ1v) is 10.4. The van der Waals surface area contributed by atoms with Crippen molar-refractivity contribution in [2.24, 2.45) is 0 Å². The lowest BCUT2D eigenvalue weighted by Gasteiger charge is -2.30. The monoisotopic (exact) mass is 401 g/mol. The number of ether oxygens (including phenoxy) is 1. The molecule has 6 heterocycles. The molecule has 8 heteroatoms. The molecule has 6 rings (SSSR count). The van der Waals surface area contributed by atoms with Crippen molar-refractivity contribution in [2.75, 3.05) is 47.5 Å². The Bertz CT molecular complexity index is 1100. The molecule has 0 saturated heterocycles. The molecule has 3 aromatic rings. The Morgan fingerprint density at radius 1 is 0.900 bits per heavy atom. The number of pyridine rings is 3. The van der Waals surface area contributed by atoms with Crippen LogP contribution in [0.4, 0.5) is 23.0 Å². The summed E-state index contributed by atoms with van der Waals surface area (Å²) >= 11 is 0. The van der Waals surface area contributed by atoms with Crippen LogP contribution in [0, 0.1) is 0 Å². The predicted octanol–water partition coefficient (Wildman–Crippen LogP) is 3.01. The summed E-state index contributed by atoms with van der Waals surface area (Å²) in [5.41, 5.74) is 5.78. The molecule has 0 aliphatic carbocycles. The van der Waals surface area contributed by atoms with Crippen molar-refractivity contribution in [3.8, 4) is 5.75 Å². The van der Waals surface area contributed by atoms with Gasteiger partial charge in [0.2, 0.25) is 0 Å². The van der Waals surface area contributed by atoms with Gasteiger partial charge in [0.05, 0.1) is 18.3 Å². The van der Waals surface area contributed by atoms with Crippen LogP contribution < -0.4 is 26.0 Å². The fourth-order valence-corrected chi connectivity index (χ4v) is 4.39. The van der Waals surface area contributed by atoms with E-state index >= 15 is 0 Å². The van der Waals surface area contributed by atoms with Crippen LogP contribution in [0.1, 0.15) is 28.7 Å². The molecular weight excluding hydrogens is 378 g/mol. The average molecular weight is 401 g/mol. The van der Waals surface area contributed by atoms with Crippen LogP contribution in [0.5, 0.6) is 5.75 Å². The van der Waals surface area contributed by atoms with Crippen LogP contribution in [-0.4, -0.2) is 41.2 Å². The molecule has 4 N–H and O–H groups in total. The summed E-state index contributed by atoms with van der Waals surface area (Å²) in [4.78, 5) is 13.5. The highest BCUT2D eigenvalue weighted by atomic mass is 16.5. The maximum Gasteiger partial charge on any atom is 0.168 e. The van der Waals surface area contributed by atoms with Crippen LogP contribution in [0.25, 0.3) is 0 Å². The van der Waals surface area contributed by atoms with Crippen molar-refractivity contribution in [2.45, 2.75) is 18.4 Å². The number of nitrogens with one attached hydrogen (secondary N) is 4. The van der Waals surface area contributed by atoms with Gasteiger partial charge < -0.3 is 26.0 Å². The third-order valence-electron chi connectivity index (χ3n) is 6.02. The molecular formula is C22H23N7O. The minimum atomic E-state index is 0.104. The summed E-state index contributed by atoms with van der Waals surface area (Å²) in [7, 11) is 0. The van der Waals surface area contributed by atoms with Crippen LogP contribution in [-0.2, 0) is 6.42 Å². The van der Waals surface area contributed by atoms with E-state index in [1.165, 1.54) is 16.8 Å². The third kappa shape index (κ3) is 3.04. The summed E-state index contributed by atoms with van der Waals surface area (Å²) < 4.78 is 5.75. The SMILES string of the molecule is c1cc2c(cn1)CC(c1cnc3c(c1)NC(c1cnc4c(c1)OCCN4)CN3)CN2. The van der Waals surface area contributed by atoms with Gasteiger partial charge in [0.25, 0.3) is 0 Å². The topological polar surface area (TPSA) is 96.0 Å². The summed E-state index contributed by atoms with van der Waals surface area (Å²) in [6.07, 6.45) is 8.65. The molecule has 2 atom stereocenters. The standard InChI is InChI=1S/C22H23N7O/c1-2-23-8-15-5-13(9-25-17(1)15)14-6-18-21(26-10-14)28-12-19(29-18)16-7-20-22(27-11-16)24-3-4-30-20/h1-2,6-8,10-11,13,19,25,29H,3-5,9,12H2,(H,24,27)(H,26,28). The Balaban J connectivity index is 1.24. The number of fused-ring (bicyclic) bond motifs is 3. The second-order valence-electron chi connectivity index (χ2n) is 7.95. The second kappa shape index (κ2) is 7.05. The predicted molar refractivity (Wildman–Crippen MR) is 116 cm³/mol. The number of aromatic nitrogens is 3. The summed E-state index contributed by atoms with van der Waals surface area (Å²) in [6, 6.07) is 6.44. The molecule has 3 aromatic heterocycles. The molecule has 3 aliphatic rings.